The largest absolute Gasteiger partial charge is 0.495 e. The van der Waals surface area contributed by atoms with Crippen molar-refractivity contribution < 1.29 is 4.74 Å². The van der Waals surface area contributed by atoms with E-state index in [-0.39, 0.29) is 0 Å². The summed E-state index contributed by atoms with van der Waals surface area (Å²) in [6.45, 7) is 6.69. The minimum Gasteiger partial charge on any atom is -0.495 e. The first-order valence-electron chi connectivity index (χ1n) is 7.76. The van der Waals surface area contributed by atoms with Crippen molar-refractivity contribution in [1.82, 2.24) is 5.32 Å². The Morgan fingerprint density at radius 1 is 1.25 bits per heavy atom. The molecule has 0 fully saturated rings. The number of rotatable bonds is 10. The first-order chi connectivity index (χ1) is 9.69. The Labute approximate surface area is 124 Å². The van der Waals surface area contributed by atoms with E-state index in [1.807, 2.05) is 12.1 Å². The maximum Gasteiger partial charge on any atom is 0.142 e. The highest BCUT2D eigenvalue weighted by molar-refractivity contribution is 5.57. The van der Waals surface area contributed by atoms with E-state index < -0.39 is 0 Å². The fourth-order valence-electron chi connectivity index (χ4n) is 2.36. The molecule has 0 saturated heterocycles. The minimum atomic E-state index is 0.631. The van der Waals surface area contributed by atoms with Gasteiger partial charge in [-0.15, -0.1) is 0 Å². The molecule has 0 aliphatic carbocycles. The molecule has 1 N–H and O–H groups in total. The lowest BCUT2D eigenvalue weighted by molar-refractivity contribution is 0.414. The summed E-state index contributed by atoms with van der Waals surface area (Å²) in [4.78, 5) is 2.28. The Bertz CT molecular complexity index is 368. The van der Waals surface area contributed by atoms with E-state index in [0.29, 0.717) is 6.04 Å². The molecule has 0 bridgehead atoms. The normalized spacial score (nSPS) is 12.2. The lowest BCUT2D eigenvalue weighted by atomic mass is 10.1. The van der Waals surface area contributed by atoms with E-state index in [1.54, 1.807) is 7.11 Å². The van der Waals surface area contributed by atoms with Crippen LogP contribution >= 0.6 is 0 Å². The van der Waals surface area contributed by atoms with Crippen LogP contribution < -0.4 is 15.0 Å². The van der Waals surface area contributed by atoms with Crippen LogP contribution in [0.4, 0.5) is 5.69 Å². The SMILES string of the molecule is CCCNC(C)CCCCN(C)c1ccccc1OC. The molecule has 1 unspecified atom stereocenters. The van der Waals surface area contributed by atoms with Crippen molar-refractivity contribution in [3.63, 3.8) is 0 Å². The molecule has 0 heterocycles. The van der Waals surface area contributed by atoms with Crippen LogP contribution in [0.2, 0.25) is 0 Å². The van der Waals surface area contributed by atoms with Crippen molar-refractivity contribution in [3.05, 3.63) is 24.3 Å². The highest BCUT2D eigenvalue weighted by atomic mass is 16.5. The molecular weight excluding hydrogens is 248 g/mol. The molecule has 0 saturated carbocycles. The summed E-state index contributed by atoms with van der Waals surface area (Å²) in [5.41, 5.74) is 1.17. The molecule has 20 heavy (non-hydrogen) atoms. The molecule has 0 aromatic heterocycles. The summed E-state index contributed by atoms with van der Waals surface area (Å²) in [6, 6.07) is 8.83. The second-order valence-corrected chi connectivity index (χ2v) is 5.44. The maximum atomic E-state index is 5.40. The van der Waals surface area contributed by atoms with Gasteiger partial charge in [-0.2, -0.15) is 0 Å². The fraction of sp³-hybridized carbons (Fsp3) is 0.647. The van der Waals surface area contributed by atoms with Crippen LogP contribution in [0.5, 0.6) is 5.75 Å². The molecule has 1 aromatic carbocycles. The van der Waals surface area contributed by atoms with E-state index in [1.165, 1.54) is 31.4 Å². The second-order valence-electron chi connectivity index (χ2n) is 5.44. The summed E-state index contributed by atoms with van der Waals surface area (Å²) >= 11 is 0. The molecular formula is C17H30N2O. The maximum absolute atomic E-state index is 5.40. The Hall–Kier alpha value is -1.22. The minimum absolute atomic E-state index is 0.631. The summed E-state index contributed by atoms with van der Waals surface area (Å²) in [6.07, 6.45) is 4.94. The molecule has 114 valence electrons. The van der Waals surface area contributed by atoms with E-state index in [0.717, 1.165) is 18.8 Å². The van der Waals surface area contributed by atoms with Gasteiger partial charge < -0.3 is 15.0 Å². The summed E-state index contributed by atoms with van der Waals surface area (Å²) < 4.78 is 5.40. The van der Waals surface area contributed by atoms with E-state index in [2.05, 4.69) is 43.2 Å². The predicted octanol–water partition coefficient (Wildman–Crippen LogP) is 3.69. The monoisotopic (exact) mass is 278 g/mol. The first-order valence-corrected chi connectivity index (χ1v) is 7.76. The quantitative estimate of drug-likeness (QED) is 0.661. The van der Waals surface area contributed by atoms with Crippen LogP contribution in [-0.2, 0) is 0 Å². The lowest BCUT2D eigenvalue weighted by Crippen LogP contribution is -2.27. The van der Waals surface area contributed by atoms with Crippen molar-refractivity contribution in [1.29, 1.82) is 0 Å². The third-order valence-electron chi connectivity index (χ3n) is 3.62. The van der Waals surface area contributed by atoms with E-state index in [4.69, 9.17) is 4.74 Å². The average Bonchev–Trinajstić information content (AvgIpc) is 2.49. The van der Waals surface area contributed by atoms with Crippen molar-refractivity contribution >= 4 is 5.69 Å². The molecule has 1 rings (SSSR count). The number of nitrogens with one attached hydrogen (secondary N) is 1. The molecule has 0 spiro atoms. The number of ether oxygens (including phenoxy) is 1. The van der Waals surface area contributed by atoms with Gasteiger partial charge in [-0.3, -0.25) is 0 Å². The van der Waals surface area contributed by atoms with Gasteiger partial charge in [-0.1, -0.05) is 25.5 Å². The fourth-order valence-corrected chi connectivity index (χ4v) is 2.36. The summed E-state index contributed by atoms with van der Waals surface area (Å²) in [5.74, 6) is 0.952. The molecule has 3 heteroatoms. The highest BCUT2D eigenvalue weighted by Gasteiger charge is 2.07. The Kier molecular flexibility index (Phi) is 8.12. The first kappa shape index (κ1) is 16.8. The topological polar surface area (TPSA) is 24.5 Å². The van der Waals surface area contributed by atoms with E-state index in [9.17, 15) is 0 Å². The standard InChI is InChI=1S/C17H30N2O/c1-5-13-18-15(2)10-8-9-14-19(3)16-11-6-7-12-17(16)20-4/h6-7,11-12,15,18H,5,8-10,13-14H2,1-4H3. The zero-order valence-corrected chi connectivity index (χ0v) is 13.5. The Balaban J connectivity index is 2.28. The number of hydrogen-bond donors (Lipinski definition) is 1. The number of nitrogens with zero attached hydrogens (tertiary/aromatic N) is 1. The van der Waals surface area contributed by atoms with Gasteiger partial charge in [-0.25, -0.2) is 0 Å². The van der Waals surface area contributed by atoms with Gasteiger partial charge in [0.2, 0.25) is 0 Å². The van der Waals surface area contributed by atoms with Crippen molar-refractivity contribution in [3.8, 4) is 5.75 Å². The molecule has 0 aliphatic heterocycles. The van der Waals surface area contributed by atoms with Gasteiger partial charge in [-0.05, 0) is 44.9 Å². The number of hydrogen-bond acceptors (Lipinski definition) is 3. The van der Waals surface area contributed by atoms with Gasteiger partial charge in [0.25, 0.3) is 0 Å². The van der Waals surface area contributed by atoms with E-state index >= 15 is 0 Å². The van der Waals surface area contributed by atoms with Crippen LogP contribution in [0.25, 0.3) is 0 Å². The third-order valence-corrected chi connectivity index (χ3v) is 3.62. The molecule has 1 atom stereocenters. The average molecular weight is 278 g/mol. The third kappa shape index (κ3) is 5.83. The predicted molar refractivity (Wildman–Crippen MR) is 87.9 cm³/mol. The van der Waals surface area contributed by atoms with Gasteiger partial charge in [0.15, 0.2) is 0 Å². The molecule has 1 aromatic rings. The van der Waals surface area contributed by atoms with Crippen molar-refractivity contribution in [2.75, 3.05) is 32.1 Å². The Morgan fingerprint density at radius 3 is 2.70 bits per heavy atom. The number of benzene rings is 1. The molecule has 3 nitrogen and oxygen atoms in total. The number of para-hydroxylation sites is 2. The van der Waals surface area contributed by atoms with Crippen molar-refractivity contribution in [2.24, 2.45) is 0 Å². The van der Waals surface area contributed by atoms with Crippen molar-refractivity contribution in [2.45, 2.75) is 45.6 Å². The number of anilines is 1. The van der Waals surface area contributed by atoms with Crippen LogP contribution in [0.1, 0.15) is 39.5 Å². The van der Waals surface area contributed by atoms with Gasteiger partial charge >= 0.3 is 0 Å². The number of unbranched alkanes of at least 4 members (excludes halogenated alkanes) is 1. The molecule has 0 amide bonds. The number of methoxy groups -OCH3 is 1. The zero-order valence-electron chi connectivity index (χ0n) is 13.5. The lowest BCUT2D eigenvalue weighted by Gasteiger charge is -2.22. The van der Waals surface area contributed by atoms with Gasteiger partial charge in [0.1, 0.15) is 5.75 Å². The summed E-state index contributed by atoms with van der Waals surface area (Å²) in [7, 11) is 3.87. The highest BCUT2D eigenvalue weighted by Crippen LogP contribution is 2.26. The van der Waals surface area contributed by atoms with Gasteiger partial charge in [0.05, 0.1) is 12.8 Å². The van der Waals surface area contributed by atoms with Crippen LogP contribution in [0, 0.1) is 0 Å². The summed E-state index contributed by atoms with van der Waals surface area (Å²) in [5, 5.41) is 3.54. The van der Waals surface area contributed by atoms with Gasteiger partial charge in [0, 0.05) is 19.6 Å². The smallest absolute Gasteiger partial charge is 0.142 e. The van der Waals surface area contributed by atoms with Crippen LogP contribution in [-0.4, -0.2) is 33.3 Å². The molecule has 0 radical (unpaired) electrons. The molecule has 0 aliphatic rings. The second kappa shape index (κ2) is 9.65. The van der Waals surface area contributed by atoms with Crippen LogP contribution in [0.15, 0.2) is 24.3 Å². The zero-order chi connectivity index (χ0) is 14.8. The van der Waals surface area contributed by atoms with Crippen LogP contribution in [0.3, 0.4) is 0 Å². The Morgan fingerprint density at radius 2 is 2.00 bits per heavy atom.